The molecule has 0 amide bonds. The molecule has 1 fully saturated rings. The van der Waals surface area contributed by atoms with E-state index in [9.17, 15) is 0 Å². The monoisotopic (exact) mass is 399 g/mol. The van der Waals surface area contributed by atoms with Crippen LogP contribution in [0, 0.1) is 6.92 Å². The molecule has 3 heterocycles. The van der Waals surface area contributed by atoms with Crippen LogP contribution < -0.4 is 16.2 Å². The number of morpholine rings is 1. The van der Waals surface area contributed by atoms with Crippen LogP contribution in [0.4, 0.5) is 0 Å². The third-order valence-corrected chi connectivity index (χ3v) is 5.33. The van der Waals surface area contributed by atoms with Gasteiger partial charge in [-0.2, -0.15) is 0 Å². The first-order valence-electron chi connectivity index (χ1n) is 10.2. The Labute approximate surface area is 170 Å². The van der Waals surface area contributed by atoms with Crippen molar-refractivity contribution in [1.82, 2.24) is 24.5 Å². The van der Waals surface area contributed by atoms with Crippen LogP contribution in [0.25, 0.3) is 16.7 Å². The SMILES string of the molecule is Cc1nnc2c(C(N)CCCN)nc3cc(OCCN4CCOCC4)ccc3n12. The van der Waals surface area contributed by atoms with Crippen LogP contribution in [0.15, 0.2) is 18.2 Å². The molecular weight excluding hydrogens is 370 g/mol. The summed E-state index contributed by atoms with van der Waals surface area (Å²) in [4.78, 5) is 7.18. The summed E-state index contributed by atoms with van der Waals surface area (Å²) in [5.41, 5.74) is 15.3. The van der Waals surface area contributed by atoms with Gasteiger partial charge in [0.15, 0.2) is 5.65 Å². The van der Waals surface area contributed by atoms with Gasteiger partial charge in [0.2, 0.25) is 0 Å². The molecule has 0 bridgehead atoms. The minimum Gasteiger partial charge on any atom is -0.492 e. The first kappa shape index (κ1) is 20.0. The van der Waals surface area contributed by atoms with Gasteiger partial charge in [-0.25, -0.2) is 4.98 Å². The molecule has 1 aliphatic heterocycles. The van der Waals surface area contributed by atoms with E-state index in [-0.39, 0.29) is 6.04 Å². The van der Waals surface area contributed by atoms with Crippen LogP contribution in [0.2, 0.25) is 0 Å². The van der Waals surface area contributed by atoms with Crippen LogP contribution in [0.5, 0.6) is 5.75 Å². The summed E-state index contributed by atoms with van der Waals surface area (Å²) in [6.45, 7) is 7.54. The van der Waals surface area contributed by atoms with Gasteiger partial charge in [0.05, 0.1) is 30.3 Å². The van der Waals surface area contributed by atoms with Crippen molar-refractivity contribution in [3.8, 4) is 5.75 Å². The van der Waals surface area contributed by atoms with Crippen LogP contribution in [0.3, 0.4) is 0 Å². The lowest BCUT2D eigenvalue weighted by molar-refractivity contribution is 0.0322. The lowest BCUT2D eigenvalue weighted by Crippen LogP contribution is -2.38. The maximum atomic E-state index is 6.40. The number of aryl methyl sites for hydroxylation is 1. The minimum absolute atomic E-state index is 0.236. The van der Waals surface area contributed by atoms with E-state index in [4.69, 9.17) is 25.9 Å². The van der Waals surface area contributed by atoms with Gasteiger partial charge in [-0.05, 0) is 38.4 Å². The molecule has 3 aromatic rings. The highest BCUT2D eigenvalue weighted by atomic mass is 16.5. The molecule has 0 radical (unpaired) electrons. The second-order valence-electron chi connectivity index (χ2n) is 7.39. The number of nitrogens with two attached hydrogens (primary N) is 2. The molecule has 156 valence electrons. The van der Waals surface area contributed by atoms with Crippen molar-refractivity contribution in [2.45, 2.75) is 25.8 Å². The largest absolute Gasteiger partial charge is 0.492 e. The number of aromatic nitrogens is 4. The Morgan fingerprint density at radius 2 is 2.07 bits per heavy atom. The Balaban J connectivity index is 1.59. The second kappa shape index (κ2) is 9.00. The zero-order valence-electron chi connectivity index (χ0n) is 16.9. The standard InChI is InChI=1S/C20H29N7O2/c1-14-24-25-20-19(16(22)3-2-6-21)23-17-13-15(4-5-18(17)27(14)20)29-12-9-26-7-10-28-11-8-26/h4-5,13,16H,2-3,6-12,21-22H2,1H3. The zero-order chi connectivity index (χ0) is 20.2. The van der Waals surface area contributed by atoms with Crippen molar-refractivity contribution in [2.75, 3.05) is 46.0 Å². The normalized spacial score (nSPS) is 16.5. The van der Waals surface area contributed by atoms with Crippen molar-refractivity contribution < 1.29 is 9.47 Å². The molecule has 0 aliphatic carbocycles. The highest BCUT2D eigenvalue weighted by Gasteiger charge is 2.18. The van der Waals surface area contributed by atoms with Crippen molar-refractivity contribution in [2.24, 2.45) is 11.5 Å². The summed E-state index contributed by atoms with van der Waals surface area (Å²) in [5, 5.41) is 8.55. The van der Waals surface area contributed by atoms with Crippen LogP contribution in [0.1, 0.15) is 30.4 Å². The van der Waals surface area contributed by atoms with E-state index >= 15 is 0 Å². The summed E-state index contributed by atoms with van der Waals surface area (Å²) in [5.74, 6) is 1.60. The van der Waals surface area contributed by atoms with Gasteiger partial charge in [-0.1, -0.05) is 0 Å². The molecule has 1 unspecified atom stereocenters. The number of ether oxygens (including phenoxy) is 2. The molecule has 4 rings (SSSR count). The van der Waals surface area contributed by atoms with Crippen molar-refractivity contribution >= 4 is 16.7 Å². The van der Waals surface area contributed by atoms with Gasteiger partial charge >= 0.3 is 0 Å². The molecule has 2 aromatic heterocycles. The first-order valence-corrected chi connectivity index (χ1v) is 10.2. The van der Waals surface area contributed by atoms with Crippen LogP contribution >= 0.6 is 0 Å². The molecule has 0 saturated carbocycles. The number of fused-ring (bicyclic) bond motifs is 3. The summed E-state index contributed by atoms with van der Waals surface area (Å²) in [7, 11) is 0. The summed E-state index contributed by atoms with van der Waals surface area (Å²) < 4.78 is 13.4. The highest BCUT2D eigenvalue weighted by Crippen LogP contribution is 2.26. The van der Waals surface area contributed by atoms with Crippen LogP contribution in [-0.4, -0.2) is 70.5 Å². The van der Waals surface area contributed by atoms with Gasteiger partial charge in [0.25, 0.3) is 0 Å². The van der Waals surface area contributed by atoms with Gasteiger partial charge in [0.1, 0.15) is 23.9 Å². The number of rotatable bonds is 8. The van der Waals surface area contributed by atoms with Gasteiger partial charge in [-0.3, -0.25) is 9.30 Å². The Kier molecular flexibility index (Phi) is 6.19. The van der Waals surface area contributed by atoms with Crippen molar-refractivity contribution in [3.05, 3.63) is 29.7 Å². The molecule has 1 aromatic carbocycles. The predicted molar refractivity (Wildman–Crippen MR) is 111 cm³/mol. The lowest BCUT2D eigenvalue weighted by Gasteiger charge is -2.26. The first-order chi connectivity index (χ1) is 14.2. The molecule has 0 spiro atoms. The van der Waals surface area contributed by atoms with Crippen molar-refractivity contribution in [3.63, 3.8) is 0 Å². The van der Waals surface area contributed by atoms with Crippen LogP contribution in [-0.2, 0) is 4.74 Å². The Bertz CT molecular complexity index is 968. The summed E-state index contributed by atoms with van der Waals surface area (Å²) in [6.07, 6.45) is 1.59. The smallest absolute Gasteiger partial charge is 0.184 e. The average molecular weight is 399 g/mol. The average Bonchev–Trinajstić information content (AvgIpc) is 3.14. The predicted octanol–water partition coefficient (Wildman–Crippen LogP) is 1.04. The quantitative estimate of drug-likeness (QED) is 0.577. The van der Waals surface area contributed by atoms with Gasteiger partial charge < -0.3 is 20.9 Å². The fourth-order valence-electron chi connectivity index (χ4n) is 3.71. The fraction of sp³-hybridized carbons (Fsp3) is 0.550. The number of nitrogens with zero attached hydrogens (tertiary/aromatic N) is 5. The highest BCUT2D eigenvalue weighted by molar-refractivity contribution is 5.80. The number of hydrogen-bond acceptors (Lipinski definition) is 8. The Morgan fingerprint density at radius 1 is 1.24 bits per heavy atom. The topological polar surface area (TPSA) is 117 Å². The molecular formula is C20H29N7O2. The van der Waals surface area contributed by atoms with E-state index in [2.05, 4.69) is 15.1 Å². The molecule has 9 nitrogen and oxygen atoms in total. The Hall–Kier alpha value is -2.33. The number of hydrogen-bond donors (Lipinski definition) is 2. The molecule has 29 heavy (non-hydrogen) atoms. The van der Waals surface area contributed by atoms with E-state index in [0.717, 1.165) is 74.0 Å². The Morgan fingerprint density at radius 3 is 2.86 bits per heavy atom. The third kappa shape index (κ3) is 4.32. The maximum absolute atomic E-state index is 6.40. The lowest BCUT2D eigenvalue weighted by atomic mass is 10.1. The fourth-order valence-corrected chi connectivity index (χ4v) is 3.71. The maximum Gasteiger partial charge on any atom is 0.184 e. The second-order valence-corrected chi connectivity index (χ2v) is 7.39. The van der Waals surface area contributed by atoms with E-state index in [1.165, 1.54) is 0 Å². The van der Waals surface area contributed by atoms with E-state index in [1.807, 2.05) is 29.5 Å². The molecule has 1 aliphatic rings. The van der Waals surface area contributed by atoms with Gasteiger partial charge in [-0.15, -0.1) is 10.2 Å². The summed E-state index contributed by atoms with van der Waals surface area (Å²) in [6, 6.07) is 5.70. The molecule has 4 N–H and O–H groups in total. The van der Waals surface area contributed by atoms with E-state index in [1.54, 1.807) is 0 Å². The van der Waals surface area contributed by atoms with Gasteiger partial charge in [0, 0.05) is 25.7 Å². The summed E-state index contributed by atoms with van der Waals surface area (Å²) >= 11 is 0. The minimum atomic E-state index is -0.236. The molecule has 1 atom stereocenters. The van der Waals surface area contributed by atoms with Crippen molar-refractivity contribution in [1.29, 1.82) is 0 Å². The van der Waals surface area contributed by atoms with E-state index < -0.39 is 0 Å². The zero-order valence-corrected chi connectivity index (χ0v) is 16.9. The molecule has 1 saturated heterocycles. The van der Waals surface area contributed by atoms with E-state index in [0.29, 0.717) is 18.8 Å². The third-order valence-electron chi connectivity index (χ3n) is 5.33. The number of benzene rings is 1. The molecule has 9 heteroatoms.